The summed E-state index contributed by atoms with van der Waals surface area (Å²) in [5.74, 6) is 0.845. The number of rotatable bonds is 2. The molecule has 0 aromatic carbocycles. The molecule has 1 N–H and O–H groups in total. The molecule has 2 aliphatic rings. The number of hydrogen-bond donors (Lipinski definition) is 1. The monoisotopic (exact) mass is 141 g/mol. The molecule has 10 heavy (non-hydrogen) atoms. The largest absolute Gasteiger partial charge is 0.384 e. The Kier molecular flexibility index (Phi) is 1.46. The third-order valence-corrected chi connectivity index (χ3v) is 2.86. The van der Waals surface area contributed by atoms with Gasteiger partial charge < -0.3 is 10.1 Å². The molecule has 1 saturated heterocycles. The lowest BCUT2D eigenvalue weighted by Crippen LogP contribution is -2.64. The van der Waals surface area contributed by atoms with Crippen LogP contribution in [0.15, 0.2) is 0 Å². The highest BCUT2D eigenvalue weighted by molar-refractivity contribution is 5.06. The van der Waals surface area contributed by atoms with Gasteiger partial charge in [-0.25, -0.2) is 0 Å². The Morgan fingerprint density at radius 1 is 1.60 bits per heavy atom. The zero-order valence-corrected chi connectivity index (χ0v) is 6.52. The topological polar surface area (TPSA) is 21.3 Å². The minimum Gasteiger partial charge on any atom is -0.384 e. The number of methoxy groups -OCH3 is 1. The Hall–Kier alpha value is -0.0800. The highest BCUT2D eigenvalue weighted by Gasteiger charge is 2.47. The molecule has 2 nitrogen and oxygen atoms in total. The maximum absolute atomic E-state index is 5.08. The maximum atomic E-state index is 5.08. The molecule has 0 amide bonds. The minimum atomic E-state index is 0.587. The summed E-state index contributed by atoms with van der Waals surface area (Å²) in [6, 6.07) is 0. The number of nitrogens with one attached hydrogen (secondary N) is 1. The Labute approximate surface area is 61.9 Å². The highest BCUT2D eigenvalue weighted by Crippen LogP contribution is 2.43. The molecule has 2 rings (SSSR count). The molecule has 0 bridgehead atoms. The van der Waals surface area contributed by atoms with Crippen LogP contribution in [0.25, 0.3) is 0 Å². The summed E-state index contributed by atoms with van der Waals surface area (Å²) in [7, 11) is 1.79. The van der Waals surface area contributed by atoms with E-state index in [4.69, 9.17) is 4.74 Å². The molecule has 0 radical (unpaired) electrons. The summed E-state index contributed by atoms with van der Waals surface area (Å²) in [6.45, 7) is 2.20. The molecule has 58 valence electrons. The van der Waals surface area contributed by atoms with E-state index in [-0.39, 0.29) is 0 Å². The fourth-order valence-electron chi connectivity index (χ4n) is 2.23. The van der Waals surface area contributed by atoms with E-state index < -0.39 is 0 Å². The van der Waals surface area contributed by atoms with Gasteiger partial charge in [0.2, 0.25) is 0 Å². The summed E-state index contributed by atoms with van der Waals surface area (Å²) in [5.41, 5.74) is 0.587. The molecule has 1 aliphatic heterocycles. The summed E-state index contributed by atoms with van der Waals surface area (Å²) in [6.07, 6.45) is 4.09. The first kappa shape index (κ1) is 6.62. The molecule has 0 atom stereocenters. The van der Waals surface area contributed by atoms with Crippen LogP contribution >= 0.6 is 0 Å². The summed E-state index contributed by atoms with van der Waals surface area (Å²) in [5, 5.41) is 3.49. The van der Waals surface area contributed by atoms with Gasteiger partial charge in [-0.15, -0.1) is 0 Å². The smallest absolute Gasteiger partial charge is 0.0491 e. The third-order valence-electron chi connectivity index (χ3n) is 2.86. The van der Waals surface area contributed by atoms with Gasteiger partial charge in [0.05, 0.1) is 0 Å². The second-order valence-corrected chi connectivity index (χ2v) is 3.69. The van der Waals surface area contributed by atoms with Crippen molar-refractivity contribution >= 4 is 0 Å². The lowest BCUT2D eigenvalue weighted by Gasteiger charge is -2.54. The van der Waals surface area contributed by atoms with Crippen LogP contribution in [0.2, 0.25) is 0 Å². The fourth-order valence-corrected chi connectivity index (χ4v) is 2.23. The summed E-state index contributed by atoms with van der Waals surface area (Å²) >= 11 is 0. The second-order valence-electron chi connectivity index (χ2n) is 3.69. The third kappa shape index (κ3) is 0.867. The first-order valence-corrected chi connectivity index (χ1v) is 4.09. The van der Waals surface area contributed by atoms with Crippen LogP contribution < -0.4 is 5.32 Å². The van der Waals surface area contributed by atoms with Gasteiger partial charge >= 0.3 is 0 Å². The van der Waals surface area contributed by atoms with Crippen molar-refractivity contribution in [2.24, 2.45) is 5.92 Å². The van der Waals surface area contributed by atoms with Crippen molar-refractivity contribution in [2.75, 3.05) is 20.3 Å². The number of hydrogen-bond acceptors (Lipinski definition) is 2. The molecule has 1 spiro atoms. The van der Waals surface area contributed by atoms with Crippen LogP contribution in [0.4, 0.5) is 0 Å². The van der Waals surface area contributed by atoms with Crippen LogP contribution in [-0.2, 0) is 4.74 Å². The van der Waals surface area contributed by atoms with E-state index in [1.54, 1.807) is 7.11 Å². The normalized spacial score (nSPS) is 44.7. The molecule has 1 heterocycles. The van der Waals surface area contributed by atoms with Crippen molar-refractivity contribution in [2.45, 2.75) is 24.8 Å². The van der Waals surface area contributed by atoms with Crippen LogP contribution in [0.1, 0.15) is 19.3 Å². The van der Waals surface area contributed by atoms with Crippen molar-refractivity contribution in [1.82, 2.24) is 5.32 Å². The lowest BCUT2D eigenvalue weighted by atomic mass is 9.63. The SMILES string of the molecule is COCC1CC2(CCN2)C1. The molecule has 1 aliphatic carbocycles. The first-order chi connectivity index (χ1) is 4.85. The van der Waals surface area contributed by atoms with Crippen LogP contribution in [0.3, 0.4) is 0 Å². The second kappa shape index (κ2) is 2.21. The van der Waals surface area contributed by atoms with Gasteiger partial charge in [-0.1, -0.05) is 0 Å². The van der Waals surface area contributed by atoms with Crippen molar-refractivity contribution in [3.63, 3.8) is 0 Å². The molecule has 1 saturated carbocycles. The quantitative estimate of drug-likeness (QED) is 0.613. The molecular weight excluding hydrogens is 126 g/mol. The Morgan fingerprint density at radius 3 is 2.70 bits per heavy atom. The van der Waals surface area contributed by atoms with Gasteiger partial charge in [-0.3, -0.25) is 0 Å². The van der Waals surface area contributed by atoms with Gasteiger partial charge in [0, 0.05) is 19.3 Å². The van der Waals surface area contributed by atoms with E-state index in [9.17, 15) is 0 Å². The minimum absolute atomic E-state index is 0.587. The molecule has 0 aromatic heterocycles. The van der Waals surface area contributed by atoms with E-state index in [1.807, 2.05) is 0 Å². The average Bonchev–Trinajstić information content (AvgIpc) is 1.72. The molecular formula is C8H15NO. The van der Waals surface area contributed by atoms with Crippen molar-refractivity contribution in [1.29, 1.82) is 0 Å². The Morgan fingerprint density at radius 2 is 2.30 bits per heavy atom. The first-order valence-electron chi connectivity index (χ1n) is 4.09. The van der Waals surface area contributed by atoms with E-state index in [2.05, 4.69) is 5.32 Å². The van der Waals surface area contributed by atoms with E-state index in [0.717, 1.165) is 12.5 Å². The van der Waals surface area contributed by atoms with Crippen LogP contribution in [-0.4, -0.2) is 25.8 Å². The zero-order chi connectivity index (χ0) is 7.03. The van der Waals surface area contributed by atoms with E-state index >= 15 is 0 Å². The number of ether oxygens (including phenoxy) is 1. The highest BCUT2D eigenvalue weighted by atomic mass is 16.5. The average molecular weight is 141 g/mol. The van der Waals surface area contributed by atoms with Crippen molar-refractivity contribution in [3.8, 4) is 0 Å². The van der Waals surface area contributed by atoms with Gasteiger partial charge in [-0.2, -0.15) is 0 Å². The lowest BCUT2D eigenvalue weighted by molar-refractivity contribution is -0.00354. The zero-order valence-electron chi connectivity index (χ0n) is 6.52. The summed E-state index contributed by atoms with van der Waals surface area (Å²) < 4.78 is 5.08. The molecule has 0 unspecified atom stereocenters. The van der Waals surface area contributed by atoms with E-state index in [1.165, 1.54) is 25.8 Å². The standard InChI is InChI=1S/C8H15NO/c1-10-6-7-4-8(5-7)2-3-9-8/h7,9H,2-6H2,1H3. The van der Waals surface area contributed by atoms with Crippen molar-refractivity contribution < 1.29 is 4.74 Å². The fraction of sp³-hybridized carbons (Fsp3) is 1.00. The van der Waals surface area contributed by atoms with Gasteiger partial charge in [-0.05, 0) is 31.7 Å². The predicted molar refractivity (Wildman–Crippen MR) is 40.0 cm³/mol. The predicted octanol–water partition coefficient (Wildman–Crippen LogP) is 0.775. The molecule has 0 aromatic rings. The Bertz CT molecular complexity index is 123. The van der Waals surface area contributed by atoms with Gasteiger partial charge in [0.1, 0.15) is 0 Å². The van der Waals surface area contributed by atoms with Crippen LogP contribution in [0.5, 0.6) is 0 Å². The van der Waals surface area contributed by atoms with Gasteiger partial charge in [0.25, 0.3) is 0 Å². The Balaban J connectivity index is 1.72. The molecule has 2 fully saturated rings. The van der Waals surface area contributed by atoms with Crippen molar-refractivity contribution in [3.05, 3.63) is 0 Å². The maximum Gasteiger partial charge on any atom is 0.0491 e. The van der Waals surface area contributed by atoms with Crippen LogP contribution in [0, 0.1) is 5.92 Å². The van der Waals surface area contributed by atoms with Gasteiger partial charge in [0.15, 0.2) is 0 Å². The molecule has 2 heteroatoms. The van der Waals surface area contributed by atoms with E-state index in [0.29, 0.717) is 5.54 Å². The summed E-state index contributed by atoms with van der Waals surface area (Å²) in [4.78, 5) is 0.